The van der Waals surface area contributed by atoms with Gasteiger partial charge < -0.3 is 10.3 Å². The Balaban J connectivity index is 1.20. The smallest absolute Gasteiger partial charge is 0.0555 e. The predicted octanol–water partition coefficient (Wildman–Crippen LogP) is 13.8. The van der Waals surface area contributed by atoms with Crippen LogP contribution in [0, 0.1) is 5.92 Å². The van der Waals surface area contributed by atoms with Crippen LogP contribution in [-0.2, 0) is 0 Å². The Morgan fingerprint density at radius 3 is 2.32 bits per heavy atom. The maximum Gasteiger partial charge on any atom is 0.0555 e. The highest BCUT2D eigenvalue weighted by Gasteiger charge is 2.21. The van der Waals surface area contributed by atoms with Gasteiger partial charge in [0, 0.05) is 47.9 Å². The Morgan fingerprint density at radius 2 is 1.47 bits per heavy atom. The molecule has 1 unspecified atom stereocenters. The number of nitrogens with two attached hydrogens (primary N) is 1. The minimum atomic E-state index is 0.473. The maximum absolute atomic E-state index is 6.58. The van der Waals surface area contributed by atoms with E-state index in [9.17, 15) is 0 Å². The van der Waals surface area contributed by atoms with Gasteiger partial charge in [0.05, 0.1) is 11.0 Å². The molecule has 2 N–H and O–H groups in total. The van der Waals surface area contributed by atoms with Crippen molar-refractivity contribution in [3.63, 3.8) is 0 Å². The summed E-state index contributed by atoms with van der Waals surface area (Å²) in [4.78, 5) is 0. The van der Waals surface area contributed by atoms with Crippen LogP contribution in [0.3, 0.4) is 0 Å². The van der Waals surface area contributed by atoms with Crippen LogP contribution in [0.1, 0.15) is 36.5 Å². The van der Waals surface area contributed by atoms with E-state index in [-0.39, 0.29) is 0 Å². The van der Waals surface area contributed by atoms with Gasteiger partial charge in [0.2, 0.25) is 0 Å². The van der Waals surface area contributed by atoms with Crippen molar-refractivity contribution < 1.29 is 0 Å². The van der Waals surface area contributed by atoms with Gasteiger partial charge in [0.15, 0.2) is 0 Å². The second-order valence-corrected chi connectivity index (χ2v) is 15.4. The number of nitrogen functional groups attached to an aromatic ring is 1. The van der Waals surface area contributed by atoms with Crippen molar-refractivity contribution in [2.75, 3.05) is 5.73 Å². The molecule has 10 rings (SSSR count). The molecule has 0 saturated heterocycles. The molecule has 1 atom stereocenters. The fourth-order valence-electron chi connectivity index (χ4n) is 8.54. The summed E-state index contributed by atoms with van der Waals surface area (Å²) in [6, 6.07) is 54.9. The molecule has 2 heterocycles. The number of allylic oxidation sites excluding steroid dienone is 5. The zero-order chi connectivity index (χ0) is 35.5. The number of para-hydroxylation sites is 2. The Bertz CT molecular complexity index is 2960. The number of nitrogens with zero attached hydrogens (tertiary/aromatic N) is 1. The standard InChI is InChI=1S/C50H38N2S/c1-32-20-24-38(35(30-32)21-25-39(33-12-4-2-5-13-33)41-18-10-11-19-44(41)51)36-22-27-45-43(31-36)49-46(52(45)37-15-6-3-7-16-37)28-26-42-48-40-17-9-8-14-34(40)23-29-47(48)53-50(42)49/h2-20,22-29,31-32H,21,30,51H2,1H3/b39-25-. The molecule has 9 aromatic rings. The van der Waals surface area contributed by atoms with Gasteiger partial charge in [-0.05, 0) is 94.3 Å². The van der Waals surface area contributed by atoms with E-state index < -0.39 is 0 Å². The van der Waals surface area contributed by atoms with Crippen LogP contribution in [0.15, 0.2) is 175 Å². The summed E-state index contributed by atoms with van der Waals surface area (Å²) in [5.41, 5.74) is 18.5. The predicted molar refractivity (Wildman–Crippen MR) is 230 cm³/mol. The molecule has 0 spiro atoms. The molecule has 0 amide bonds. The van der Waals surface area contributed by atoms with E-state index in [2.05, 4.69) is 169 Å². The summed E-state index contributed by atoms with van der Waals surface area (Å²) in [6.45, 7) is 2.32. The summed E-state index contributed by atoms with van der Waals surface area (Å²) >= 11 is 1.92. The summed E-state index contributed by atoms with van der Waals surface area (Å²) in [7, 11) is 0. The molecular weight excluding hydrogens is 661 g/mol. The fraction of sp³-hybridized carbons (Fsp3) is 0.0800. The molecular formula is C50H38N2S. The van der Waals surface area contributed by atoms with Gasteiger partial charge in [0.1, 0.15) is 0 Å². The van der Waals surface area contributed by atoms with Crippen molar-refractivity contribution in [1.82, 2.24) is 4.57 Å². The molecule has 254 valence electrons. The maximum atomic E-state index is 6.58. The molecule has 0 saturated carbocycles. The number of aromatic nitrogens is 1. The van der Waals surface area contributed by atoms with Gasteiger partial charge in [-0.15, -0.1) is 11.3 Å². The minimum Gasteiger partial charge on any atom is -0.398 e. The topological polar surface area (TPSA) is 30.9 Å². The van der Waals surface area contributed by atoms with Crippen LogP contribution >= 0.6 is 11.3 Å². The molecule has 0 radical (unpaired) electrons. The first-order valence-corrected chi connectivity index (χ1v) is 19.3. The van der Waals surface area contributed by atoms with Crippen molar-refractivity contribution in [2.45, 2.75) is 19.8 Å². The number of hydrogen-bond acceptors (Lipinski definition) is 2. The Hall–Kier alpha value is -6.16. The molecule has 2 aromatic heterocycles. The SMILES string of the molecule is CC1C=CC(c2ccc3c(c2)c2c4sc5ccc6ccccc6c5c4ccc2n3-c2ccccc2)=C(C/C=C(/c2ccccc2)c2ccccc2N)C1. The Morgan fingerprint density at radius 1 is 0.717 bits per heavy atom. The highest BCUT2D eigenvalue weighted by Crippen LogP contribution is 2.46. The fourth-order valence-corrected chi connectivity index (χ4v) is 9.81. The van der Waals surface area contributed by atoms with E-state index >= 15 is 0 Å². The highest BCUT2D eigenvalue weighted by molar-refractivity contribution is 7.27. The van der Waals surface area contributed by atoms with Crippen LogP contribution in [0.25, 0.3) is 69.6 Å². The molecule has 2 nitrogen and oxygen atoms in total. The number of thiophene rings is 1. The average Bonchev–Trinajstić information content (AvgIpc) is 3.75. The molecule has 1 aliphatic carbocycles. The molecule has 3 heteroatoms. The zero-order valence-electron chi connectivity index (χ0n) is 29.6. The lowest BCUT2D eigenvalue weighted by atomic mass is 9.84. The first-order valence-electron chi connectivity index (χ1n) is 18.5. The molecule has 7 aromatic carbocycles. The summed E-state index contributed by atoms with van der Waals surface area (Å²) in [6.07, 6.45) is 9.01. The van der Waals surface area contributed by atoms with Crippen molar-refractivity contribution >= 4 is 80.9 Å². The van der Waals surface area contributed by atoms with Crippen LogP contribution in [0.2, 0.25) is 0 Å². The monoisotopic (exact) mass is 698 g/mol. The van der Waals surface area contributed by atoms with E-state index in [1.54, 1.807) is 0 Å². The number of hydrogen-bond donors (Lipinski definition) is 1. The number of fused-ring (bicyclic) bond motifs is 9. The molecule has 0 fully saturated rings. The lowest BCUT2D eigenvalue weighted by molar-refractivity contribution is 0.700. The third-order valence-corrected chi connectivity index (χ3v) is 12.2. The average molecular weight is 699 g/mol. The van der Waals surface area contributed by atoms with Crippen LogP contribution in [-0.4, -0.2) is 4.57 Å². The second kappa shape index (κ2) is 12.8. The van der Waals surface area contributed by atoms with Gasteiger partial charge in [-0.25, -0.2) is 0 Å². The first kappa shape index (κ1) is 31.6. The van der Waals surface area contributed by atoms with Crippen LogP contribution in [0.5, 0.6) is 0 Å². The van der Waals surface area contributed by atoms with Gasteiger partial charge in [-0.3, -0.25) is 0 Å². The van der Waals surface area contributed by atoms with Gasteiger partial charge in [-0.1, -0.05) is 140 Å². The van der Waals surface area contributed by atoms with E-state index in [0.29, 0.717) is 5.92 Å². The van der Waals surface area contributed by atoms with Gasteiger partial charge in [-0.2, -0.15) is 0 Å². The molecule has 1 aliphatic rings. The van der Waals surface area contributed by atoms with Crippen LogP contribution < -0.4 is 5.73 Å². The molecule has 53 heavy (non-hydrogen) atoms. The van der Waals surface area contributed by atoms with E-state index in [1.165, 1.54) is 86.3 Å². The Labute approximate surface area is 313 Å². The summed E-state index contributed by atoms with van der Waals surface area (Å²) in [5, 5.41) is 7.91. The third-order valence-electron chi connectivity index (χ3n) is 11.0. The Kier molecular flexibility index (Phi) is 7.63. The second-order valence-electron chi connectivity index (χ2n) is 14.3. The van der Waals surface area contributed by atoms with Crippen molar-refractivity contribution in [3.05, 3.63) is 192 Å². The van der Waals surface area contributed by atoms with E-state index in [1.807, 2.05) is 23.5 Å². The largest absolute Gasteiger partial charge is 0.398 e. The molecule has 0 aliphatic heterocycles. The van der Waals surface area contributed by atoms with E-state index in [0.717, 1.165) is 24.1 Å². The third kappa shape index (κ3) is 5.31. The number of benzene rings is 7. The lowest BCUT2D eigenvalue weighted by Gasteiger charge is -2.21. The van der Waals surface area contributed by atoms with E-state index in [4.69, 9.17) is 5.73 Å². The van der Waals surface area contributed by atoms with Crippen molar-refractivity contribution in [3.8, 4) is 5.69 Å². The normalized spacial score (nSPS) is 15.1. The highest BCUT2D eigenvalue weighted by atomic mass is 32.1. The van der Waals surface area contributed by atoms with Crippen molar-refractivity contribution in [2.24, 2.45) is 5.92 Å². The zero-order valence-corrected chi connectivity index (χ0v) is 30.4. The van der Waals surface area contributed by atoms with Gasteiger partial charge >= 0.3 is 0 Å². The quantitative estimate of drug-likeness (QED) is 0.172. The number of anilines is 1. The molecule has 0 bridgehead atoms. The minimum absolute atomic E-state index is 0.473. The summed E-state index contributed by atoms with van der Waals surface area (Å²) < 4.78 is 5.13. The number of rotatable bonds is 6. The lowest BCUT2D eigenvalue weighted by Crippen LogP contribution is -2.03. The van der Waals surface area contributed by atoms with Crippen LogP contribution in [0.4, 0.5) is 5.69 Å². The van der Waals surface area contributed by atoms with Gasteiger partial charge in [0.25, 0.3) is 0 Å². The summed E-state index contributed by atoms with van der Waals surface area (Å²) in [5.74, 6) is 0.473. The first-order chi connectivity index (χ1) is 26.1. The van der Waals surface area contributed by atoms with Crippen molar-refractivity contribution in [1.29, 1.82) is 0 Å².